The molecule has 3 atom stereocenters. The highest BCUT2D eigenvalue weighted by atomic mass is 35.5. The predicted octanol–water partition coefficient (Wildman–Crippen LogP) is 3.87. The van der Waals surface area contributed by atoms with Crippen LogP contribution in [0.5, 0.6) is 0 Å². The number of halogens is 2. The Bertz CT molecular complexity index is 682. The molecule has 5 nitrogen and oxygen atoms in total. The Kier molecular flexibility index (Phi) is 6.43. The van der Waals surface area contributed by atoms with E-state index in [9.17, 15) is 9.59 Å². The first-order valence-corrected chi connectivity index (χ1v) is 9.76. The summed E-state index contributed by atoms with van der Waals surface area (Å²) in [6.07, 6.45) is 1.49. The van der Waals surface area contributed by atoms with Crippen molar-refractivity contribution in [3.63, 3.8) is 0 Å². The van der Waals surface area contributed by atoms with Crippen LogP contribution in [0.2, 0.25) is 10.0 Å². The normalized spacial score (nSPS) is 26.2. The minimum absolute atomic E-state index is 0.0634. The van der Waals surface area contributed by atoms with Gasteiger partial charge in [-0.05, 0) is 31.9 Å². The van der Waals surface area contributed by atoms with Gasteiger partial charge in [0.25, 0.3) is 0 Å². The number of hydrogen-bond donors (Lipinski definition) is 0. The van der Waals surface area contributed by atoms with Crippen molar-refractivity contribution in [3.8, 4) is 0 Å². The number of amides is 1. The zero-order valence-electron chi connectivity index (χ0n) is 14.7. The second-order valence-corrected chi connectivity index (χ2v) is 7.68. The molecular weight excluding hydrogens is 377 g/mol. The lowest BCUT2D eigenvalue weighted by atomic mass is 9.89. The summed E-state index contributed by atoms with van der Waals surface area (Å²) in [4.78, 5) is 26.3. The van der Waals surface area contributed by atoms with E-state index in [4.69, 9.17) is 32.7 Å². The molecule has 2 heterocycles. The molecule has 0 N–H and O–H groups in total. The Hall–Kier alpha value is -1.30. The monoisotopic (exact) mass is 399 g/mol. The Morgan fingerprint density at radius 1 is 1.38 bits per heavy atom. The number of benzene rings is 1. The smallest absolute Gasteiger partial charge is 0.311 e. The maximum atomic E-state index is 12.7. The third kappa shape index (κ3) is 4.33. The van der Waals surface area contributed by atoms with Gasteiger partial charge in [-0.2, -0.15) is 0 Å². The zero-order valence-corrected chi connectivity index (χ0v) is 16.3. The van der Waals surface area contributed by atoms with Gasteiger partial charge < -0.3 is 14.4 Å². The van der Waals surface area contributed by atoms with E-state index in [0.717, 1.165) is 12.0 Å². The lowest BCUT2D eigenvalue weighted by molar-refractivity contribution is -0.160. The SMILES string of the molecule is CCN1C[C@H](COC(=O)[C@@H]2CCCO[C@H]2c2ccc(Cl)cc2Cl)CC1=O. The molecule has 26 heavy (non-hydrogen) atoms. The van der Waals surface area contributed by atoms with Crippen LogP contribution in [0.15, 0.2) is 18.2 Å². The van der Waals surface area contributed by atoms with Crippen LogP contribution in [0.25, 0.3) is 0 Å². The standard InChI is InChI=1S/C19H23Cl2NO4/c1-2-22-10-12(8-17(22)23)11-26-19(24)15-4-3-7-25-18(15)14-6-5-13(20)9-16(14)21/h5-6,9,12,15,18H,2-4,7-8,10-11H2,1H3/t12-,15-,18+/m1/s1. The van der Waals surface area contributed by atoms with Crippen molar-refractivity contribution in [2.75, 3.05) is 26.3 Å². The lowest BCUT2D eigenvalue weighted by Gasteiger charge is -2.31. The summed E-state index contributed by atoms with van der Waals surface area (Å²) in [5.74, 6) is -0.501. The number of nitrogens with zero attached hydrogens (tertiary/aromatic N) is 1. The fourth-order valence-corrected chi connectivity index (χ4v) is 4.16. The Morgan fingerprint density at radius 3 is 2.88 bits per heavy atom. The molecule has 2 saturated heterocycles. The van der Waals surface area contributed by atoms with Crippen LogP contribution in [0, 0.1) is 11.8 Å². The number of esters is 1. The Balaban J connectivity index is 1.64. The lowest BCUT2D eigenvalue weighted by Crippen LogP contribution is -2.32. The fourth-order valence-electron chi connectivity index (χ4n) is 3.64. The van der Waals surface area contributed by atoms with Gasteiger partial charge in [0.05, 0.1) is 18.6 Å². The van der Waals surface area contributed by atoms with Gasteiger partial charge >= 0.3 is 5.97 Å². The van der Waals surface area contributed by atoms with Crippen molar-refractivity contribution in [2.24, 2.45) is 11.8 Å². The van der Waals surface area contributed by atoms with Crippen molar-refractivity contribution < 1.29 is 19.1 Å². The van der Waals surface area contributed by atoms with Crippen LogP contribution in [-0.4, -0.2) is 43.1 Å². The van der Waals surface area contributed by atoms with Crippen LogP contribution in [0.3, 0.4) is 0 Å². The van der Waals surface area contributed by atoms with E-state index in [-0.39, 0.29) is 24.4 Å². The van der Waals surface area contributed by atoms with Crippen LogP contribution in [0.1, 0.15) is 37.9 Å². The summed E-state index contributed by atoms with van der Waals surface area (Å²) in [6.45, 7) is 4.13. The highest BCUT2D eigenvalue weighted by Gasteiger charge is 2.36. The Morgan fingerprint density at radius 2 is 2.19 bits per heavy atom. The third-order valence-electron chi connectivity index (χ3n) is 5.03. The van der Waals surface area contributed by atoms with E-state index in [1.165, 1.54) is 0 Å². The summed E-state index contributed by atoms with van der Waals surface area (Å²) < 4.78 is 11.4. The molecule has 0 aliphatic carbocycles. The second-order valence-electron chi connectivity index (χ2n) is 6.84. The van der Waals surface area contributed by atoms with Crippen molar-refractivity contribution in [2.45, 2.75) is 32.3 Å². The molecule has 0 saturated carbocycles. The number of carbonyl (C=O) groups is 2. The maximum absolute atomic E-state index is 12.7. The van der Waals surface area contributed by atoms with Crippen molar-refractivity contribution >= 4 is 35.1 Å². The summed E-state index contributed by atoms with van der Waals surface area (Å²) in [5.41, 5.74) is 0.755. The van der Waals surface area contributed by atoms with Crippen LogP contribution in [-0.2, 0) is 19.1 Å². The fraction of sp³-hybridized carbons (Fsp3) is 0.579. The van der Waals surface area contributed by atoms with Crippen LogP contribution < -0.4 is 0 Å². The van der Waals surface area contributed by atoms with E-state index in [0.29, 0.717) is 42.6 Å². The van der Waals surface area contributed by atoms with Gasteiger partial charge in [-0.25, -0.2) is 0 Å². The molecule has 142 valence electrons. The Labute approximate surface area is 163 Å². The molecule has 2 aliphatic heterocycles. The van der Waals surface area contributed by atoms with Crippen molar-refractivity contribution in [1.29, 1.82) is 0 Å². The maximum Gasteiger partial charge on any atom is 0.311 e. The van der Waals surface area contributed by atoms with Crippen LogP contribution in [0.4, 0.5) is 0 Å². The summed E-state index contributed by atoms with van der Waals surface area (Å²) in [6, 6.07) is 5.20. The largest absolute Gasteiger partial charge is 0.465 e. The quantitative estimate of drug-likeness (QED) is 0.705. The van der Waals surface area contributed by atoms with Gasteiger partial charge in [0.1, 0.15) is 0 Å². The minimum Gasteiger partial charge on any atom is -0.465 e. The minimum atomic E-state index is -0.432. The van der Waals surface area contributed by atoms with E-state index >= 15 is 0 Å². The van der Waals surface area contributed by atoms with Gasteiger partial charge in [0, 0.05) is 47.6 Å². The van der Waals surface area contributed by atoms with Gasteiger partial charge in [-0.3, -0.25) is 9.59 Å². The summed E-state index contributed by atoms with van der Waals surface area (Å²) >= 11 is 12.3. The third-order valence-corrected chi connectivity index (χ3v) is 5.59. The van der Waals surface area contributed by atoms with Gasteiger partial charge in [-0.1, -0.05) is 29.3 Å². The molecule has 0 unspecified atom stereocenters. The first-order chi connectivity index (χ1) is 12.5. The van der Waals surface area contributed by atoms with Crippen molar-refractivity contribution in [3.05, 3.63) is 33.8 Å². The summed E-state index contributed by atoms with van der Waals surface area (Å²) in [7, 11) is 0. The van der Waals surface area contributed by atoms with E-state index < -0.39 is 12.0 Å². The molecule has 0 radical (unpaired) electrons. The second kappa shape index (κ2) is 8.59. The predicted molar refractivity (Wildman–Crippen MR) is 99.2 cm³/mol. The average molecular weight is 400 g/mol. The zero-order chi connectivity index (χ0) is 18.7. The highest BCUT2D eigenvalue weighted by molar-refractivity contribution is 6.35. The molecule has 2 fully saturated rings. The summed E-state index contributed by atoms with van der Waals surface area (Å²) in [5, 5.41) is 1.03. The molecule has 2 aliphatic rings. The number of rotatable bonds is 5. The molecule has 1 amide bonds. The topological polar surface area (TPSA) is 55.8 Å². The van der Waals surface area contributed by atoms with E-state index in [1.54, 1.807) is 23.1 Å². The first kappa shape index (κ1) is 19.5. The molecule has 0 aromatic heterocycles. The molecule has 1 aromatic carbocycles. The molecule has 7 heteroatoms. The number of carbonyl (C=O) groups excluding carboxylic acids is 2. The van der Waals surface area contributed by atoms with E-state index in [1.807, 2.05) is 6.92 Å². The highest BCUT2D eigenvalue weighted by Crippen LogP contribution is 2.38. The van der Waals surface area contributed by atoms with Crippen molar-refractivity contribution in [1.82, 2.24) is 4.90 Å². The van der Waals surface area contributed by atoms with Gasteiger partial charge in [-0.15, -0.1) is 0 Å². The number of ether oxygens (including phenoxy) is 2. The van der Waals surface area contributed by atoms with Gasteiger partial charge in [0.15, 0.2) is 0 Å². The molecule has 0 bridgehead atoms. The first-order valence-electron chi connectivity index (χ1n) is 9.00. The molecule has 0 spiro atoms. The van der Waals surface area contributed by atoms with Gasteiger partial charge in [0.2, 0.25) is 5.91 Å². The molecule has 1 aromatic rings. The number of likely N-dealkylation sites (tertiary alicyclic amines) is 1. The van der Waals surface area contributed by atoms with E-state index in [2.05, 4.69) is 0 Å². The molecule has 3 rings (SSSR count). The number of hydrogen-bond acceptors (Lipinski definition) is 4. The van der Waals surface area contributed by atoms with Crippen LogP contribution >= 0.6 is 23.2 Å². The average Bonchev–Trinajstić information content (AvgIpc) is 2.99. The molecular formula is C19H23Cl2NO4.